The predicted molar refractivity (Wildman–Crippen MR) is 215 cm³/mol. The van der Waals surface area contributed by atoms with Crippen LogP contribution in [0, 0.1) is 16.7 Å². The number of nitrogens with two attached hydrogens (primary N) is 1. The molecular formula is C40H60N8O7S. The fourth-order valence-electron chi connectivity index (χ4n) is 6.26. The van der Waals surface area contributed by atoms with Gasteiger partial charge in [0, 0.05) is 29.5 Å². The van der Waals surface area contributed by atoms with Gasteiger partial charge in [0.2, 0.25) is 29.5 Å². The first-order valence-electron chi connectivity index (χ1n) is 19.0. The van der Waals surface area contributed by atoms with E-state index in [-0.39, 0.29) is 30.0 Å². The first kappa shape index (κ1) is 45.5. The monoisotopic (exact) mass is 796 g/mol. The number of hydrogen-bond donors (Lipinski definition) is 5. The molecule has 56 heavy (non-hydrogen) atoms. The maximum atomic E-state index is 14.1. The topological polar surface area (TPSA) is 214 Å². The molecule has 0 unspecified atom stereocenters. The second-order valence-corrected chi connectivity index (χ2v) is 17.6. The fraction of sp³-hybridized carbons (Fsp3) is 0.600. The SMILES string of the molecule is COC(=O)C[C@@H](NC(=O)[C@H](NC(=O)CN=C(N)[C@@H]1CCCN1C(=O)[C@H](NC(=O)[C@H](NC(=O)C(C)(C)C)C(C)(C)C)C(C)C)[C@H](C)c1ccccc1)c1nccs1. The van der Waals surface area contributed by atoms with Gasteiger partial charge in [-0.05, 0) is 29.7 Å². The summed E-state index contributed by atoms with van der Waals surface area (Å²) in [6.45, 7) is 16.2. The Labute approximate surface area is 334 Å². The number of carbonyl (C=O) groups excluding carboxylic acids is 6. The molecule has 1 saturated heterocycles. The summed E-state index contributed by atoms with van der Waals surface area (Å²) in [5.41, 5.74) is 5.90. The van der Waals surface area contributed by atoms with Gasteiger partial charge in [-0.1, -0.05) is 92.6 Å². The lowest BCUT2D eigenvalue weighted by Gasteiger charge is -2.35. The van der Waals surface area contributed by atoms with Crippen LogP contribution < -0.4 is 27.0 Å². The number of hydrogen-bond acceptors (Lipinski definition) is 10. The van der Waals surface area contributed by atoms with E-state index in [0.29, 0.717) is 24.4 Å². The van der Waals surface area contributed by atoms with Crippen LogP contribution in [0.25, 0.3) is 0 Å². The van der Waals surface area contributed by atoms with Crippen molar-refractivity contribution in [2.45, 2.75) is 118 Å². The number of aromatic nitrogens is 1. The average Bonchev–Trinajstić information content (AvgIpc) is 3.86. The van der Waals surface area contributed by atoms with E-state index in [1.165, 1.54) is 18.4 Å². The first-order valence-corrected chi connectivity index (χ1v) is 19.9. The minimum absolute atomic E-state index is 0.0730. The van der Waals surface area contributed by atoms with Gasteiger partial charge >= 0.3 is 5.97 Å². The molecule has 0 radical (unpaired) electrons. The minimum Gasteiger partial charge on any atom is -0.469 e. The second-order valence-electron chi connectivity index (χ2n) is 16.6. The summed E-state index contributed by atoms with van der Waals surface area (Å²) in [6, 6.07) is 4.94. The van der Waals surface area contributed by atoms with Gasteiger partial charge in [0.1, 0.15) is 35.5 Å². The maximum absolute atomic E-state index is 14.1. The van der Waals surface area contributed by atoms with Crippen LogP contribution in [0.5, 0.6) is 0 Å². The van der Waals surface area contributed by atoms with E-state index in [9.17, 15) is 28.8 Å². The molecule has 6 N–H and O–H groups in total. The number of aliphatic imine (C=N–C) groups is 1. The van der Waals surface area contributed by atoms with Crippen molar-refractivity contribution in [3.8, 4) is 0 Å². The van der Waals surface area contributed by atoms with E-state index in [0.717, 1.165) is 5.56 Å². The van der Waals surface area contributed by atoms with Crippen molar-refractivity contribution in [2.24, 2.45) is 27.5 Å². The predicted octanol–water partition coefficient (Wildman–Crippen LogP) is 3.22. The molecule has 15 nitrogen and oxygen atoms in total. The summed E-state index contributed by atoms with van der Waals surface area (Å²) >= 11 is 1.28. The van der Waals surface area contributed by atoms with Crippen LogP contribution in [0.2, 0.25) is 0 Å². The van der Waals surface area contributed by atoms with Gasteiger partial charge in [0.15, 0.2) is 0 Å². The van der Waals surface area contributed by atoms with Crippen molar-refractivity contribution in [3.05, 3.63) is 52.5 Å². The standard InChI is InChI=1S/C40H60N8O7S/c1-23(2)30(46-35(52)32(39(4,5)6)47-38(54)40(7,8)9)37(53)48-19-14-17-27(48)33(41)43-22-28(49)45-31(24(3)25-15-12-11-13-16-25)34(51)44-26(21-29(50)55-10)36-42-18-20-56-36/h11-13,15-16,18,20,23-24,26-27,30-32H,14,17,19,21-22H2,1-10H3,(H2,41,43)(H,44,51)(H,45,49)(H,46,52)(H,47,54)/t24-,26-,27+,30-,31-,32+/m1/s1. The number of methoxy groups -OCH3 is 1. The van der Waals surface area contributed by atoms with Gasteiger partial charge in [0.25, 0.3) is 0 Å². The van der Waals surface area contributed by atoms with Crippen molar-refractivity contribution in [1.29, 1.82) is 0 Å². The number of likely N-dealkylation sites (tertiary alicyclic amines) is 1. The number of thiazole rings is 1. The van der Waals surface area contributed by atoms with Crippen molar-refractivity contribution in [1.82, 2.24) is 31.2 Å². The quantitative estimate of drug-likeness (QED) is 0.0957. The highest BCUT2D eigenvalue weighted by molar-refractivity contribution is 7.09. The molecule has 1 fully saturated rings. The van der Waals surface area contributed by atoms with Gasteiger partial charge in [-0.15, -0.1) is 11.3 Å². The molecule has 2 aromatic rings. The lowest BCUT2D eigenvalue weighted by Crippen LogP contribution is -2.61. The number of amidine groups is 1. The number of rotatable bonds is 16. The molecule has 0 aliphatic carbocycles. The van der Waals surface area contributed by atoms with Crippen LogP contribution in [0.1, 0.15) is 104 Å². The van der Waals surface area contributed by atoms with Gasteiger partial charge in [0.05, 0.1) is 25.6 Å². The average molecular weight is 797 g/mol. The van der Waals surface area contributed by atoms with E-state index in [1.54, 1.807) is 37.2 Å². The Bertz CT molecular complexity index is 1700. The molecule has 0 bridgehead atoms. The number of ether oxygens (including phenoxy) is 1. The number of nitrogens with one attached hydrogen (secondary N) is 4. The lowest BCUT2D eigenvalue weighted by atomic mass is 9.84. The Morgan fingerprint density at radius 2 is 1.61 bits per heavy atom. The minimum atomic E-state index is -1.06. The molecule has 1 aliphatic heterocycles. The highest BCUT2D eigenvalue weighted by atomic mass is 32.1. The Hall–Kier alpha value is -4.86. The van der Waals surface area contributed by atoms with Crippen LogP contribution in [-0.2, 0) is 33.5 Å². The molecule has 0 spiro atoms. The highest BCUT2D eigenvalue weighted by Gasteiger charge is 2.41. The van der Waals surface area contributed by atoms with Crippen molar-refractivity contribution >= 4 is 52.7 Å². The Balaban J connectivity index is 1.78. The molecule has 1 aromatic carbocycles. The van der Waals surface area contributed by atoms with Crippen molar-refractivity contribution < 1.29 is 33.5 Å². The van der Waals surface area contributed by atoms with Crippen LogP contribution in [-0.4, -0.2) is 95.6 Å². The third-order valence-electron chi connectivity index (χ3n) is 9.69. The summed E-state index contributed by atoms with van der Waals surface area (Å²) in [5, 5.41) is 13.7. The van der Waals surface area contributed by atoms with E-state index in [1.807, 2.05) is 71.9 Å². The van der Waals surface area contributed by atoms with Crippen molar-refractivity contribution in [3.63, 3.8) is 0 Å². The largest absolute Gasteiger partial charge is 0.469 e. The fourth-order valence-corrected chi connectivity index (χ4v) is 6.95. The number of carbonyl (C=O) groups is 6. The zero-order valence-corrected chi connectivity index (χ0v) is 35.1. The van der Waals surface area contributed by atoms with E-state index >= 15 is 0 Å². The maximum Gasteiger partial charge on any atom is 0.308 e. The molecule has 16 heteroatoms. The number of esters is 1. The summed E-state index contributed by atoms with van der Waals surface area (Å²) in [6.07, 6.45) is 2.55. The van der Waals surface area contributed by atoms with Crippen LogP contribution in [0.3, 0.4) is 0 Å². The van der Waals surface area contributed by atoms with Gasteiger partial charge in [-0.25, -0.2) is 4.98 Å². The molecular weight excluding hydrogens is 737 g/mol. The Kier molecular flexibility index (Phi) is 16.1. The van der Waals surface area contributed by atoms with Gasteiger partial charge < -0.3 is 36.6 Å². The van der Waals surface area contributed by atoms with Crippen LogP contribution >= 0.6 is 11.3 Å². The molecule has 6 atom stereocenters. The van der Waals surface area contributed by atoms with Gasteiger partial charge in [-0.3, -0.25) is 33.8 Å². The third-order valence-corrected chi connectivity index (χ3v) is 10.6. The lowest BCUT2D eigenvalue weighted by molar-refractivity contribution is -0.141. The molecule has 0 saturated carbocycles. The molecule has 1 aliphatic rings. The first-order chi connectivity index (χ1) is 26.1. The van der Waals surface area contributed by atoms with Crippen LogP contribution in [0.4, 0.5) is 0 Å². The molecule has 3 rings (SSSR count). The van der Waals surface area contributed by atoms with E-state index in [2.05, 4.69) is 31.2 Å². The summed E-state index contributed by atoms with van der Waals surface area (Å²) in [7, 11) is 1.26. The molecule has 308 valence electrons. The molecule has 2 heterocycles. The zero-order chi connectivity index (χ0) is 42.0. The van der Waals surface area contributed by atoms with Gasteiger partial charge in [-0.2, -0.15) is 0 Å². The van der Waals surface area contributed by atoms with E-state index in [4.69, 9.17) is 10.5 Å². The third kappa shape index (κ3) is 12.6. The van der Waals surface area contributed by atoms with Crippen LogP contribution in [0.15, 0.2) is 46.9 Å². The summed E-state index contributed by atoms with van der Waals surface area (Å²) in [4.78, 5) is 90.4. The highest BCUT2D eigenvalue weighted by Crippen LogP contribution is 2.26. The second kappa shape index (κ2) is 19.8. The van der Waals surface area contributed by atoms with Crippen molar-refractivity contribution in [2.75, 3.05) is 20.2 Å². The smallest absolute Gasteiger partial charge is 0.308 e. The normalized spacial score (nSPS) is 17.6. The van der Waals surface area contributed by atoms with E-state index < -0.39 is 77.2 Å². The molecule has 1 aromatic heterocycles. The zero-order valence-electron chi connectivity index (χ0n) is 34.3. The molecule has 5 amide bonds. The Morgan fingerprint density at radius 1 is 0.946 bits per heavy atom. The number of benzene rings is 1. The number of amides is 5. The Morgan fingerprint density at radius 3 is 2.16 bits per heavy atom. The number of nitrogens with zero attached hydrogens (tertiary/aromatic N) is 3. The summed E-state index contributed by atoms with van der Waals surface area (Å²) < 4.78 is 4.84. The summed E-state index contributed by atoms with van der Waals surface area (Å²) in [5.74, 6) is -3.45.